The summed E-state index contributed by atoms with van der Waals surface area (Å²) in [5.74, 6) is 1.75. The predicted octanol–water partition coefficient (Wildman–Crippen LogP) is 2.45. The number of methoxy groups -OCH3 is 2. The molecule has 0 atom stereocenters. The molecule has 2 N–H and O–H groups in total. The Morgan fingerprint density at radius 3 is 2.45 bits per heavy atom. The third-order valence-electron chi connectivity index (χ3n) is 2.99. The number of guanidine groups is 1. The first-order valence-corrected chi connectivity index (χ1v) is 7.44. The van der Waals surface area contributed by atoms with Crippen LogP contribution in [0.2, 0.25) is 0 Å². The SMILES string of the molecule is CCNC(=NCCCOC)NCCc1ccc(OC)cc1.I. The van der Waals surface area contributed by atoms with E-state index in [4.69, 9.17) is 9.47 Å². The lowest BCUT2D eigenvalue weighted by atomic mass is 10.1. The van der Waals surface area contributed by atoms with E-state index in [9.17, 15) is 0 Å². The van der Waals surface area contributed by atoms with Crippen LogP contribution in [0.25, 0.3) is 0 Å². The van der Waals surface area contributed by atoms with Crippen LogP contribution < -0.4 is 15.4 Å². The van der Waals surface area contributed by atoms with E-state index in [0.717, 1.165) is 50.8 Å². The number of aliphatic imine (C=N–C) groups is 1. The second kappa shape index (κ2) is 13.6. The van der Waals surface area contributed by atoms with E-state index in [0.29, 0.717) is 0 Å². The van der Waals surface area contributed by atoms with Crippen LogP contribution in [-0.2, 0) is 11.2 Å². The molecule has 0 radical (unpaired) electrons. The summed E-state index contributed by atoms with van der Waals surface area (Å²) >= 11 is 0. The topological polar surface area (TPSA) is 54.9 Å². The van der Waals surface area contributed by atoms with Gasteiger partial charge in [0.1, 0.15) is 5.75 Å². The van der Waals surface area contributed by atoms with Gasteiger partial charge in [0, 0.05) is 33.4 Å². The van der Waals surface area contributed by atoms with Crippen molar-refractivity contribution in [2.24, 2.45) is 4.99 Å². The van der Waals surface area contributed by atoms with Gasteiger partial charge in [-0.25, -0.2) is 0 Å². The zero-order valence-corrected chi connectivity index (χ0v) is 16.1. The Balaban J connectivity index is 0.00000441. The van der Waals surface area contributed by atoms with Crippen molar-refractivity contribution in [3.63, 3.8) is 0 Å². The average Bonchev–Trinajstić information content (AvgIpc) is 2.52. The van der Waals surface area contributed by atoms with Crippen LogP contribution in [0.4, 0.5) is 0 Å². The summed E-state index contributed by atoms with van der Waals surface area (Å²) in [6.45, 7) is 5.29. The average molecular weight is 421 g/mol. The molecule has 22 heavy (non-hydrogen) atoms. The van der Waals surface area contributed by atoms with Gasteiger partial charge in [0.25, 0.3) is 0 Å². The van der Waals surface area contributed by atoms with Gasteiger partial charge in [0.05, 0.1) is 7.11 Å². The molecule has 0 amide bonds. The molecule has 0 aromatic heterocycles. The van der Waals surface area contributed by atoms with Crippen LogP contribution in [0.15, 0.2) is 29.3 Å². The first kappa shape index (κ1) is 21.0. The largest absolute Gasteiger partial charge is 0.497 e. The van der Waals surface area contributed by atoms with E-state index in [-0.39, 0.29) is 24.0 Å². The molecule has 6 heteroatoms. The Bertz CT molecular complexity index is 410. The first-order chi connectivity index (χ1) is 10.3. The van der Waals surface area contributed by atoms with Gasteiger partial charge in [-0.1, -0.05) is 12.1 Å². The maximum atomic E-state index is 5.15. The Morgan fingerprint density at radius 2 is 1.86 bits per heavy atom. The fourth-order valence-electron chi connectivity index (χ4n) is 1.86. The molecule has 126 valence electrons. The highest BCUT2D eigenvalue weighted by Gasteiger charge is 1.98. The minimum atomic E-state index is 0. The molecule has 0 aliphatic carbocycles. The first-order valence-electron chi connectivity index (χ1n) is 7.44. The van der Waals surface area contributed by atoms with Crippen LogP contribution in [0.3, 0.4) is 0 Å². The number of nitrogens with one attached hydrogen (secondary N) is 2. The molecular weight excluding hydrogens is 393 g/mol. The van der Waals surface area contributed by atoms with E-state index in [1.807, 2.05) is 12.1 Å². The summed E-state index contributed by atoms with van der Waals surface area (Å²) < 4.78 is 10.2. The zero-order valence-electron chi connectivity index (χ0n) is 13.7. The van der Waals surface area contributed by atoms with Gasteiger partial charge in [-0.3, -0.25) is 4.99 Å². The number of rotatable bonds is 9. The van der Waals surface area contributed by atoms with E-state index < -0.39 is 0 Å². The van der Waals surface area contributed by atoms with E-state index in [1.165, 1.54) is 5.56 Å². The second-order valence-corrected chi connectivity index (χ2v) is 4.63. The molecule has 0 bridgehead atoms. The Morgan fingerprint density at radius 1 is 1.14 bits per heavy atom. The van der Waals surface area contributed by atoms with Gasteiger partial charge < -0.3 is 20.1 Å². The van der Waals surface area contributed by atoms with Crippen molar-refractivity contribution in [3.8, 4) is 5.75 Å². The quantitative estimate of drug-likeness (QED) is 0.279. The monoisotopic (exact) mass is 421 g/mol. The molecule has 0 saturated heterocycles. The molecule has 1 aromatic carbocycles. The normalized spacial score (nSPS) is 10.8. The summed E-state index contributed by atoms with van der Waals surface area (Å²) in [4.78, 5) is 4.50. The predicted molar refractivity (Wildman–Crippen MR) is 103 cm³/mol. The Labute approximate surface area is 150 Å². The Hall–Kier alpha value is -1.02. The standard InChI is InChI=1S/C16H27N3O2.HI/c1-4-17-16(18-11-5-13-20-2)19-12-10-14-6-8-15(21-3)9-7-14;/h6-9H,4-5,10-13H2,1-3H3,(H2,17,18,19);1H. The molecule has 1 rings (SSSR count). The Kier molecular flexibility index (Phi) is 13.0. The third-order valence-corrected chi connectivity index (χ3v) is 2.99. The van der Waals surface area contributed by atoms with Crippen LogP contribution in [0, 0.1) is 0 Å². The summed E-state index contributed by atoms with van der Waals surface area (Å²) in [6, 6.07) is 8.14. The maximum Gasteiger partial charge on any atom is 0.191 e. The van der Waals surface area contributed by atoms with Gasteiger partial charge in [-0.15, -0.1) is 24.0 Å². The molecule has 0 aliphatic rings. The molecule has 0 fully saturated rings. The van der Waals surface area contributed by atoms with Crippen molar-refractivity contribution in [1.29, 1.82) is 0 Å². The zero-order chi connectivity index (χ0) is 15.3. The van der Waals surface area contributed by atoms with Crippen LogP contribution in [0.5, 0.6) is 5.75 Å². The summed E-state index contributed by atoms with van der Waals surface area (Å²) in [7, 11) is 3.39. The van der Waals surface area contributed by atoms with Gasteiger partial charge in [-0.2, -0.15) is 0 Å². The summed E-state index contributed by atoms with van der Waals surface area (Å²) in [5.41, 5.74) is 1.28. The van der Waals surface area contributed by atoms with Crippen molar-refractivity contribution in [1.82, 2.24) is 10.6 Å². The third kappa shape index (κ3) is 9.09. The lowest BCUT2D eigenvalue weighted by Gasteiger charge is -2.11. The molecule has 0 saturated carbocycles. The lowest BCUT2D eigenvalue weighted by Crippen LogP contribution is -2.38. The molecule has 0 unspecified atom stereocenters. The number of halogens is 1. The highest BCUT2D eigenvalue weighted by molar-refractivity contribution is 14.0. The van der Waals surface area contributed by atoms with Gasteiger partial charge in [0.2, 0.25) is 0 Å². The molecule has 0 aliphatic heterocycles. The molecule has 5 nitrogen and oxygen atoms in total. The lowest BCUT2D eigenvalue weighted by molar-refractivity contribution is 0.197. The van der Waals surface area contributed by atoms with E-state index in [1.54, 1.807) is 14.2 Å². The fourth-order valence-corrected chi connectivity index (χ4v) is 1.86. The molecule has 1 aromatic rings. The number of hydrogen-bond donors (Lipinski definition) is 2. The number of ether oxygens (including phenoxy) is 2. The van der Waals surface area contributed by atoms with Gasteiger partial charge >= 0.3 is 0 Å². The summed E-state index contributed by atoms with van der Waals surface area (Å²) in [5, 5.41) is 6.58. The smallest absolute Gasteiger partial charge is 0.191 e. The highest BCUT2D eigenvalue weighted by Crippen LogP contribution is 2.11. The highest BCUT2D eigenvalue weighted by atomic mass is 127. The fraction of sp³-hybridized carbons (Fsp3) is 0.562. The van der Waals surface area contributed by atoms with Crippen molar-refractivity contribution >= 4 is 29.9 Å². The number of hydrogen-bond acceptors (Lipinski definition) is 3. The molecule has 0 spiro atoms. The maximum absolute atomic E-state index is 5.15. The molecule has 0 heterocycles. The number of benzene rings is 1. The minimum absolute atomic E-state index is 0. The van der Waals surface area contributed by atoms with Gasteiger partial charge in [0.15, 0.2) is 5.96 Å². The number of nitrogens with zero attached hydrogens (tertiary/aromatic N) is 1. The summed E-state index contributed by atoms with van der Waals surface area (Å²) in [6.07, 6.45) is 1.89. The van der Waals surface area contributed by atoms with Crippen LogP contribution in [-0.4, -0.2) is 46.4 Å². The minimum Gasteiger partial charge on any atom is -0.497 e. The van der Waals surface area contributed by atoms with Crippen molar-refractivity contribution in [3.05, 3.63) is 29.8 Å². The van der Waals surface area contributed by atoms with Crippen molar-refractivity contribution in [2.75, 3.05) is 40.5 Å². The van der Waals surface area contributed by atoms with Crippen molar-refractivity contribution < 1.29 is 9.47 Å². The molecular formula is C16H28IN3O2. The van der Waals surface area contributed by atoms with Gasteiger partial charge in [-0.05, 0) is 37.5 Å². The second-order valence-electron chi connectivity index (χ2n) is 4.63. The van der Waals surface area contributed by atoms with Crippen molar-refractivity contribution in [2.45, 2.75) is 19.8 Å². The van der Waals surface area contributed by atoms with E-state index >= 15 is 0 Å². The van der Waals surface area contributed by atoms with E-state index in [2.05, 4.69) is 34.7 Å². The van der Waals surface area contributed by atoms with Crippen LogP contribution in [0.1, 0.15) is 18.9 Å². The van der Waals surface area contributed by atoms with Crippen LogP contribution >= 0.6 is 24.0 Å².